The van der Waals surface area contributed by atoms with Gasteiger partial charge in [-0.15, -0.1) is 0 Å². The van der Waals surface area contributed by atoms with Gasteiger partial charge in [-0.2, -0.15) is 4.31 Å². The Balaban J connectivity index is 2.19. The van der Waals surface area contributed by atoms with Gasteiger partial charge in [0.2, 0.25) is 15.9 Å². The summed E-state index contributed by atoms with van der Waals surface area (Å²) in [6.07, 6.45) is 2.53. The maximum Gasteiger partial charge on any atom is 0.243 e. The number of nitrogens with two attached hydrogens (primary N) is 1. The lowest BCUT2D eigenvalue weighted by atomic mass is 9.97. The molecule has 0 saturated carbocycles. The number of benzene rings is 1. The largest absolute Gasteiger partial charge is 0.370 e. The molecule has 1 aromatic carbocycles. The van der Waals surface area contributed by atoms with Crippen LogP contribution in [-0.2, 0) is 14.8 Å². The van der Waals surface area contributed by atoms with E-state index in [1.165, 1.54) is 10.4 Å². The fourth-order valence-corrected chi connectivity index (χ4v) is 4.84. The maximum atomic E-state index is 12.8. The second kappa shape index (κ2) is 6.98. The Morgan fingerprint density at radius 3 is 2.77 bits per heavy atom. The van der Waals surface area contributed by atoms with E-state index in [4.69, 9.17) is 17.3 Å². The smallest absolute Gasteiger partial charge is 0.243 e. The molecule has 122 valence electrons. The molecule has 22 heavy (non-hydrogen) atoms. The van der Waals surface area contributed by atoms with Crippen molar-refractivity contribution < 1.29 is 13.2 Å². The van der Waals surface area contributed by atoms with Gasteiger partial charge >= 0.3 is 0 Å². The zero-order chi connectivity index (χ0) is 16.3. The van der Waals surface area contributed by atoms with E-state index in [-0.39, 0.29) is 16.7 Å². The summed E-state index contributed by atoms with van der Waals surface area (Å²) in [5, 5.41) is 0.408. The van der Waals surface area contributed by atoms with Crippen LogP contribution >= 0.6 is 11.6 Å². The van der Waals surface area contributed by atoms with Crippen LogP contribution in [0.25, 0.3) is 0 Å². The van der Waals surface area contributed by atoms with E-state index in [0.29, 0.717) is 36.5 Å². The number of primary amides is 1. The van der Waals surface area contributed by atoms with Crippen LogP contribution in [0.2, 0.25) is 5.02 Å². The molecule has 0 spiro atoms. The van der Waals surface area contributed by atoms with E-state index < -0.39 is 10.0 Å². The quantitative estimate of drug-likeness (QED) is 0.910. The SMILES string of the molecule is Cc1ccc(Cl)cc1S(=O)(=O)N1CCCC(CC(N)=O)CC1. The first-order valence-corrected chi connectivity index (χ1v) is 9.17. The lowest BCUT2D eigenvalue weighted by Gasteiger charge is -2.21. The van der Waals surface area contributed by atoms with Gasteiger partial charge in [-0.05, 0) is 49.8 Å². The number of carbonyl (C=O) groups is 1. The van der Waals surface area contributed by atoms with Crippen molar-refractivity contribution in [2.45, 2.75) is 37.5 Å². The molecular weight excluding hydrogens is 324 g/mol. The number of nitrogens with zero attached hydrogens (tertiary/aromatic N) is 1. The molecular formula is C15H21ClN2O3S. The average Bonchev–Trinajstić information content (AvgIpc) is 2.66. The van der Waals surface area contributed by atoms with Gasteiger partial charge in [0.15, 0.2) is 0 Å². The summed E-state index contributed by atoms with van der Waals surface area (Å²) >= 11 is 5.94. The summed E-state index contributed by atoms with van der Waals surface area (Å²) in [6.45, 7) is 2.63. The first-order valence-electron chi connectivity index (χ1n) is 7.35. The van der Waals surface area contributed by atoms with Crippen LogP contribution in [-0.4, -0.2) is 31.7 Å². The number of aryl methyl sites for hydroxylation is 1. The van der Waals surface area contributed by atoms with Gasteiger partial charge in [0.05, 0.1) is 4.90 Å². The second-order valence-corrected chi connectivity index (χ2v) is 8.12. The zero-order valence-electron chi connectivity index (χ0n) is 12.6. The first kappa shape index (κ1) is 17.2. The molecule has 1 fully saturated rings. The third-order valence-corrected chi connectivity index (χ3v) is 6.34. The molecule has 1 unspecified atom stereocenters. The molecule has 2 N–H and O–H groups in total. The summed E-state index contributed by atoms with van der Waals surface area (Å²) in [4.78, 5) is 11.3. The number of hydrogen-bond donors (Lipinski definition) is 1. The fourth-order valence-electron chi connectivity index (χ4n) is 2.86. The number of amides is 1. The molecule has 1 atom stereocenters. The molecule has 2 rings (SSSR count). The van der Waals surface area contributed by atoms with Gasteiger partial charge in [0.25, 0.3) is 0 Å². The minimum atomic E-state index is -3.56. The van der Waals surface area contributed by atoms with Crippen molar-refractivity contribution >= 4 is 27.5 Å². The summed E-state index contributed by atoms with van der Waals surface area (Å²) in [5.74, 6) is -0.162. The van der Waals surface area contributed by atoms with E-state index >= 15 is 0 Å². The van der Waals surface area contributed by atoms with Crippen LogP contribution in [0.3, 0.4) is 0 Å². The number of hydrogen-bond acceptors (Lipinski definition) is 3. The Hall–Kier alpha value is -1.11. The standard InChI is InChI=1S/C15H21ClN2O3S/c1-11-4-5-13(16)10-14(11)22(20,21)18-7-2-3-12(6-8-18)9-15(17)19/h4-5,10,12H,2-3,6-9H2,1H3,(H2,17,19). The van der Waals surface area contributed by atoms with E-state index in [9.17, 15) is 13.2 Å². The van der Waals surface area contributed by atoms with Gasteiger partial charge in [-0.25, -0.2) is 8.42 Å². The third kappa shape index (κ3) is 4.00. The Labute approximate surface area is 136 Å². The van der Waals surface area contributed by atoms with Crippen LogP contribution in [0.4, 0.5) is 0 Å². The number of halogens is 1. The van der Waals surface area contributed by atoms with Gasteiger partial charge in [-0.3, -0.25) is 4.79 Å². The van der Waals surface area contributed by atoms with E-state index in [1.807, 2.05) is 0 Å². The van der Waals surface area contributed by atoms with Crippen LogP contribution in [0.5, 0.6) is 0 Å². The Kier molecular flexibility index (Phi) is 5.47. The molecule has 1 aliphatic heterocycles. The normalized spacial score (nSPS) is 20.5. The molecule has 7 heteroatoms. The van der Waals surface area contributed by atoms with Crippen LogP contribution in [0.1, 0.15) is 31.2 Å². The van der Waals surface area contributed by atoms with Crippen molar-refractivity contribution in [3.63, 3.8) is 0 Å². The van der Waals surface area contributed by atoms with E-state index in [1.54, 1.807) is 19.1 Å². The average molecular weight is 345 g/mol. The Morgan fingerprint density at radius 2 is 2.09 bits per heavy atom. The number of sulfonamides is 1. The molecule has 0 aliphatic carbocycles. The maximum absolute atomic E-state index is 12.8. The van der Waals surface area contributed by atoms with Crippen LogP contribution in [0, 0.1) is 12.8 Å². The van der Waals surface area contributed by atoms with Crippen LogP contribution in [0.15, 0.2) is 23.1 Å². The monoisotopic (exact) mass is 344 g/mol. The lowest BCUT2D eigenvalue weighted by molar-refractivity contribution is -0.119. The van der Waals surface area contributed by atoms with E-state index in [0.717, 1.165) is 12.8 Å². The molecule has 1 amide bonds. The summed E-state index contributed by atoms with van der Waals surface area (Å²) < 4.78 is 27.1. The second-order valence-electron chi connectivity index (χ2n) is 5.78. The van der Waals surface area contributed by atoms with Crippen LogP contribution < -0.4 is 5.73 Å². The van der Waals surface area contributed by atoms with Gasteiger partial charge in [0.1, 0.15) is 0 Å². The summed E-state index contributed by atoms with van der Waals surface area (Å²) in [7, 11) is -3.56. The highest BCUT2D eigenvalue weighted by atomic mass is 35.5. The van der Waals surface area contributed by atoms with Crippen molar-refractivity contribution in [2.75, 3.05) is 13.1 Å². The molecule has 1 saturated heterocycles. The lowest BCUT2D eigenvalue weighted by Crippen LogP contribution is -2.32. The highest BCUT2D eigenvalue weighted by Gasteiger charge is 2.29. The zero-order valence-corrected chi connectivity index (χ0v) is 14.2. The topological polar surface area (TPSA) is 80.5 Å². The molecule has 1 aliphatic rings. The summed E-state index contributed by atoms with van der Waals surface area (Å²) in [5.41, 5.74) is 5.92. The van der Waals surface area contributed by atoms with Gasteiger partial charge < -0.3 is 5.73 Å². The molecule has 0 radical (unpaired) electrons. The molecule has 0 aromatic heterocycles. The first-order chi connectivity index (χ1) is 10.3. The van der Waals surface area contributed by atoms with Gasteiger partial charge in [-0.1, -0.05) is 17.7 Å². The fraction of sp³-hybridized carbons (Fsp3) is 0.533. The minimum Gasteiger partial charge on any atom is -0.370 e. The summed E-state index contributed by atoms with van der Waals surface area (Å²) in [6, 6.07) is 4.89. The van der Waals surface area contributed by atoms with Crippen molar-refractivity contribution in [1.29, 1.82) is 0 Å². The third-order valence-electron chi connectivity index (χ3n) is 4.06. The molecule has 5 nitrogen and oxygen atoms in total. The van der Waals surface area contributed by atoms with Crippen molar-refractivity contribution in [3.8, 4) is 0 Å². The molecule has 0 bridgehead atoms. The van der Waals surface area contributed by atoms with Crippen molar-refractivity contribution in [3.05, 3.63) is 28.8 Å². The van der Waals surface area contributed by atoms with Crippen molar-refractivity contribution in [1.82, 2.24) is 4.31 Å². The molecule has 1 heterocycles. The number of carbonyl (C=O) groups excluding carboxylic acids is 1. The van der Waals surface area contributed by atoms with E-state index in [2.05, 4.69) is 0 Å². The Morgan fingerprint density at radius 1 is 1.36 bits per heavy atom. The van der Waals surface area contributed by atoms with Gasteiger partial charge in [0, 0.05) is 24.5 Å². The number of rotatable bonds is 4. The minimum absolute atomic E-state index is 0.165. The predicted molar refractivity (Wildman–Crippen MR) is 86.1 cm³/mol. The highest BCUT2D eigenvalue weighted by Crippen LogP contribution is 2.27. The highest BCUT2D eigenvalue weighted by molar-refractivity contribution is 7.89. The van der Waals surface area contributed by atoms with Crippen molar-refractivity contribution in [2.24, 2.45) is 11.7 Å². The molecule has 1 aromatic rings. The predicted octanol–water partition coefficient (Wildman–Crippen LogP) is 2.31. The Bertz CT molecular complexity index is 661.